The summed E-state index contributed by atoms with van der Waals surface area (Å²) in [6.45, 7) is 0.741. The van der Waals surface area contributed by atoms with Gasteiger partial charge in [0, 0.05) is 19.2 Å². The zero-order chi connectivity index (χ0) is 19.9. The van der Waals surface area contributed by atoms with Crippen LogP contribution in [0.25, 0.3) is 6.08 Å². The number of hydrogen-bond acceptors (Lipinski definition) is 5. The van der Waals surface area contributed by atoms with E-state index in [4.69, 9.17) is 14.2 Å². The van der Waals surface area contributed by atoms with Crippen molar-refractivity contribution >= 4 is 18.0 Å². The molecule has 146 valence electrons. The monoisotopic (exact) mass is 381 g/mol. The van der Waals surface area contributed by atoms with E-state index < -0.39 is 5.97 Å². The maximum absolute atomic E-state index is 12.4. The Morgan fingerprint density at radius 3 is 2.39 bits per heavy atom. The van der Waals surface area contributed by atoms with Gasteiger partial charge < -0.3 is 19.1 Å². The van der Waals surface area contributed by atoms with Crippen LogP contribution in [0.2, 0.25) is 0 Å². The highest BCUT2D eigenvalue weighted by Gasteiger charge is 2.23. The first-order valence-corrected chi connectivity index (χ1v) is 9.02. The van der Waals surface area contributed by atoms with Crippen molar-refractivity contribution in [2.24, 2.45) is 0 Å². The molecule has 0 atom stereocenters. The Balaban J connectivity index is 1.56. The van der Waals surface area contributed by atoms with Crippen molar-refractivity contribution in [1.29, 1.82) is 0 Å². The Morgan fingerprint density at radius 1 is 1.04 bits per heavy atom. The number of hydrogen-bond donors (Lipinski definition) is 0. The zero-order valence-corrected chi connectivity index (χ0v) is 16.0. The molecule has 0 N–H and O–H groups in total. The van der Waals surface area contributed by atoms with Gasteiger partial charge in [-0.2, -0.15) is 0 Å². The number of carbonyl (C=O) groups is 2. The molecule has 1 aliphatic heterocycles. The summed E-state index contributed by atoms with van der Waals surface area (Å²) in [5.74, 6) is 0.552. The van der Waals surface area contributed by atoms with Crippen LogP contribution in [-0.4, -0.2) is 44.1 Å². The van der Waals surface area contributed by atoms with Crippen molar-refractivity contribution in [1.82, 2.24) is 4.90 Å². The van der Waals surface area contributed by atoms with Gasteiger partial charge >= 0.3 is 5.97 Å². The van der Waals surface area contributed by atoms with Crippen LogP contribution in [0.15, 0.2) is 48.5 Å². The smallest absolute Gasteiger partial charge is 0.331 e. The van der Waals surface area contributed by atoms with E-state index in [1.54, 1.807) is 25.2 Å². The summed E-state index contributed by atoms with van der Waals surface area (Å²) in [5.41, 5.74) is 3.03. The van der Waals surface area contributed by atoms with Gasteiger partial charge in [0.15, 0.2) is 18.1 Å². The summed E-state index contributed by atoms with van der Waals surface area (Å²) < 4.78 is 15.7. The molecule has 6 nitrogen and oxygen atoms in total. The second-order valence-electron chi connectivity index (χ2n) is 6.39. The Bertz CT molecular complexity index is 876. The van der Waals surface area contributed by atoms with Gasteiger partial charge in [-0.05, 0) is 41.3 Å². The normalized spacial score (nSPS) is 13.1. The van der Waals surface area contributed by atoms with E-state index in [1.807, 2.05) is 42.5 Å². The van der Waals surface area contributed by atoms with E-state index in [0.717, 1.165) is 16.7 Å². The third-order valence-corrected chi connectivity index (χ3v) is 4.62. The number of nitrogens with zero attached hydrogens (tertiary/aromatic N) is 1. The maximum Gasteiger partial charge on any atom is 0.331 e. The number of carbonyl (C=O) groups excluding carboxylic acids is 2. The summed E-state index contributed by atoms with van der Waals surface area (Å²) in [6, 6.07) is 13.3. The van der Waals surface area contributed by atoms with Crippen molar-refractivity contribution < 1.29 is 23.8 Å². The van der Waals surface area contributed by atoms with E-state index in [2.05, 4.69) is 0 Å². The number of ether oxygens (including phenoxy) is 3. The molecular weight excluding hydrogens is 358 g/mol. The predicted molar refractivity (Wildman–Crippen MR) is 105 cm³/mol. The maximum atomic E-state index is 12.4. The lowest BCUT2D eigenvalue weighted by Crippen LogP contribution is -2.38. The average Bonchev–Trinajstić information content (AvgIpc) is 2.75. The third-order valence-electron chi connectivity index (χ3n) is 4.62. The minimum absolute atomic E-state index is 0.220. The van der Waals surface area contributed by atoms with Gasteiger partial charge in [-0.15, -0.1) is 0 Å². The Morgan fingerprint density at radius 2 is 1.71 bits per heavy atom. The molecule has 0 saturated heterocycles. The number of benzene rings is 2. The molecule has 2 aromatic carbocycles. The average molecular weight is 381 g/mol. The second kappa shape index (κ2) is 9.08. The van der Waals surface area contributed by atoms with E-state index in [9.17, 15) is 9.59 Å². The predicted octanol–water partition coefficient (Wildman–Crippen LogP) is 2.85. The number of fused-ring (bicyclic) bond motifs is 1. The zero-order valence-electron chi connectivity index (χ0n) is 16.0. The molecule has 6 heteroatoms. The third kappa shape index (κ3) is 4.71. The van der Waals surface area contributed by atoms with Gasteiger partial charge in [0.2, 0.25) is 0 Å². The van der Waals surface area contributed by atoms with Gasteiger partial charge in [0.25, 0.3) is 5.91 Å². The lowest BCUT2D eigenvalue weighted by Gasteiger charge is -2.29. The Labute approximate surface area is 164 Å². The quantitative estimate of drug-likeness (QED) is 0.569. The Kier molecular flexibility index (Phi) is 6.32. The lowest BCUT2D eigenvalue weighted by molar-refractivity contribution is -0.148. The van der Waals surface area contributed by atoms with Crippen LogP contribution in [-0.2, 0) is 27.3 Å². The molecule has 3 rings (SSSR count). The summed E-state index contributed by atoms with van der Waals surface area (Å²) in [5, 5.41) is 0. The topological polar surface area (TPSA) is 65.1 Å². The fraction of sp³-hybridized carbons (Fsp3) is 0.273. The molecular formula is C22H23NO5. The van der Waals surface area contributed by atoms with Crippen LogP contribution in [0.1, 0.15) is 16.7 Å². The molecule has 28 heavy (non-hydrogen) atoms. The number of amides is 1. The van der Waals surface area contributed by atoms with E-state index >= 15 is 0 Å². The first-order valence-electron chi connectivity index (χ1n) is 9.02. The fourth-order valence-electron chi connectivity index (χ4n) is 3.10. The molecule has 0 unspecified atom stereocenters. The summed E-state index contributed by atoms with van der Waals surface area (Å²) in [6.07, 6.45) is 3.69. The van der Waals surface area contributed by atoms with E-state index in [0.29, 0.717) is 31.0 Å². The number of rotatable bonds is 6. The minimum atomic E-state index is -0.541. The number of methoxy groups -OCH3 is 2. The molecule has 0 bridgehead atoms. The summed E-state index contributed by atoms with van der Waals surface area (Å²) in [7, 11) is 3.18. The fourth-order valence-corrected chi connectivity index (χ4v) is 3.10. The van der Waals surface area contributed by atoms with Gasteiger partial charge in [-0.1, -0.05) is 30.3 Å². The molecule has 0 fully saturated rings. The highest BCUT2D eigenvalue weighted by molar-refractivity contribution is 5.89. The molecule has 0 aromatic heterocycles. The largest absolute Gasteiger partial charge is 0.493 e. The van der Waals surface area contributed by atoms with Crippen molar-refractivity contribution in [2.75, 3.05) is 27.4 Å². The van der Waals surface area contributed by atoms with Gasteiger partial charge in [0.05, 0.1) is 14.2 Å². The highest BCUT2D eigenvalue weighted by atomic mass is 16.5. The minimum Gasteiger partial charge on any atom is -0.493 e. The van der Waals surface area contributed by atoms with Crippen LogP contribution in [0.5, 0.6) is 11.5 Å². The molecule has 0 radical (unpaired) electrons. The van der Waals surface area contributed by atoms with Crippen molar-refractivity contribution in [3.63, 3.8) is 0 Å². The summed E-state index contributed by atoms with van der Waals surface area (Å²) >= 11 is 0. The summed E-state index contributed by atoms with van der Waals surface area (Å²) in [4.78, 5) is 26.0. The van der Waals surface area contributed by atoms with Crippen molar-refractivity contribution in [3.05, 3.63) is 65.2 Å². The van der Waals surface area contributed by atoms with E-state index in [1.165, 1.54) is 6.08 Å². The second-order valence-corrected chi connectivity index (χ2v) is 6.39. The van der Waals surface area contributed by atoms with Gasteiger partial charge in [-0.25, -0.2) is 4.79 Å². The van der Waals surface area contributed by atoms with Gasteiger partial charge in [-0.3, -0.25) is 4.79 Å². The molecule has 0 spiro atoms. The standard InChI is InChI=1S/C22H23NO5/c1-26-19-12-17-10-11-23(14-18(17)13-20(19)27-2)21(24)15-28-22(25)9-8-16-6-4-3-5-7-16/h3-9,12-13H,10-11,14-15H2,1-2H3/b9-8+. The van der Waals surface area contributed by atoms with Crippen molar-refractivity contribution in [3.8, 4) is 11.5 Å². The van der Waals surface area contributed by atoms with Crippen LogP contribution in [0.3, 0.4) is 0 Å². The molecule has 1 amide bonds. The molecule has 1 heterocycles. The molecule has 1 aliphatic rings. The van der Waals surface area contributed by atoms with Gasteiger partial charge in [0.1, 0.15) is 0 Å². The first kappa shape index (κ1) is 19.5. The van der Waals surface area contributed by atoms with Crippen molar-refractivity contribution in [2.45, 2.75) is 13.0 Å². The Hall–Kier alpha value is -3.28. The lowest BCUT2D eigenvalue weighted by atomic mass is 9.99. The molecule has 2 aromatic rings. The first-order chi connectivity index (χ1) is 13.6. The molecule has 0 saturated carbocycles. The van der Waals surface area contributed by atoms with Crippen LogP contribution in [0.4, 0.5) is 0 Å². The van der Waals surface area contributed by atoms with Crippen LogP contribution in [0, 0.1) is 0 Å². The molecule has 0 aliphatic carbocycles. The van der Waals surface area contributed by atoms with E-state index in [-0.39, 0.29) is 12.5 Å². The highest BCUT2D eigenvalue weighted by Crippen LogP contribution is 2.33. The number of esters is 1. The SMILES string of the molecule is COc1cc2c(cc1OC)CN(C(=O)COC(=O)/C=C/c1ccccc1)CC2. The van der Waals surface area contributed by atoms with Crippen LogP contribution < -0.4 is 9.47 Å². The van der Waals surface area contributed by atoms with Crippen LogP contribution >= 0.6 is 0 Å².